The van der Waals surface area contributed by atoms with Crippen molar-refractivity contribution in [2.45, 2.75) is 65.2 Å². The highest BCUT2D eigenvalue weighted by Crippen LogP contribution is 2.23. The van der Waals surface area contributed by atoms with Gasteiger partial charge in [-0.1, -0.05) is 6.07 Å². The van der Waals surface area contributed by atoms with Crippen molar-refractivity contribution >= 4 is 6.09 Å². The van der Waals surface area contributed by atoms with E-state index in [-0.39, 0.29) is 18.5 Å². The average Bonchev–Trinajstić information content (AvgIpc) is 2.44. The Morgan fingerprint density at radius 1 is 1.33 bits per heavy atom. The van der Waals surface area contributed by atoms with Gasteiger partial charge in [0.25, 0.3) is 0 Å². The Morgan fingerprint density at radius 3 is 2.58 bits per heavy atom. The molecule has 1 rings (SSSR count). The molecule has 0 aliphatic rings. The summed E-state index contributed by atoms with van der Waals surface area (Å²) in [6.07, 6.45) is 0.377. The highest BCUT2D eigenvalue weighted by Gasteiger charge is 2.18. The van der Waals surface area contributed by atoms with Crippen LogP contribution in [0.1, 0.15) is 46.6 Å². The number of benzene rings is 1. The molecule has 0 aromatic heterocycles. The van der Waals surface area contributed by atoms with E-state index in [9.17, 15) is 9.18 Å². The number of hydrogen-bond acceptors (Lipinski definition) is 4. The minimum Gasteiger partial charge on any atom is -0.488 e. The lowest BCUT2D eigenvalue weighted by Gasteiger charge is -2.22. The van der Waals surface area contributed by atoms with Gasteiger partial charge >= 0.3 is 6.09 Å². The lowest BCUT2D eigenvalue weighted by Crippen LogP contribution is -2.37. The fraction of sp³-hybridized carbons (Fsp3) is 0.611. The lowest BCUT2D eigenvalue weighted by molar-refractivity contribution is 0.0506. The molecule has 0 bridgehead atoms. The lowest BCUT2D eigenvalue weighted by atomic mass is 10.0. The number of nitrogens with one attached hydrogen (secondary N) is 1. The first-order valence-electron chi connectivity index (χ1n) is 8.16. The summed E-state index contributed by atoms with van der Waals surface area (Å²) in [4.78, 5) is 11.7. The van der Waals surface area contributed by atoms with Gasteiger partial charge in [0.15, 0.2) is 0 Å². The van der Waals surface area contributed by atoms with E-state index < -0.39 is 17.8 Å². The zero-order valence-electron chi connectivity index (χ0n) is 15.1. The van der Waals surface area contributed by atoms with Crippen molar-refractivity contribution in [1.29, 1.82) is 0 Å². The molecule has 0 aliphatic carbocycles. The Bertz CT molecular complexity index is 542. The zero-order chi connectivity index (χ0) is 18.3. The van der Waals surface area contributed by atoms with Crippen molar-refractivity contribution in [3.63, 3.8) is 0 Å². The van der Waals surface area contributed by atoms with E-state index in [0.29, 0.717) is 18.6 Å². The fourth-order valence-electron chi connectivity index (χ4n) is 2.05. The zero-order valence-corrected chi connectivity index (χ0v) is 15.1. The van der Waals surface area contributed by atoms with Crippen LogP contribution in [0.25, 0.3) is 0 Å². The molecular weight excluding hydrogens is 313 g/mol. The molecule has 0 saturated heterocycles. The molecule has 1 amide bonds. The van der Waals surface area contributed by atoms with E-state index in [2.05, 4.69) is 5.32 Å². The second-order valence-electron chi connectivity index (χ2n) is 6.95. The predicted molar refractivity (Wildman–Crippen MR) is 90.7 cm³/mol. The number of ether oxygens (including phenoxy) is 2. The number of rotatable bonds is 7. The van der Waals surface area contributed by atoms with Crippen molar-refractivity contribution in [2.75, 3.05) is 6.61 Å². The van der Waals surface area contributed by atoms with Crippen LogP contribution in [0, 0.1) is 5.82 Å². The monoisotopic (exact) mass is 341 g/mol. The third-order valence-electron chi connectivity index (χ3n) is 3.22. The minimum absolute atomic E-state index is 0.104. The van der Waals surface area contributed by atoms with Crippen LogP contribution >= 0.6 is 0 Å². The van der Waals surface area contributed by atoms with Crippen LogP contribution < -0.4 is 10.1 Å². The van der Waals surface area contributed by atoms with Crippen LogP contribution in [0.4, 0.5) is 9.18 Å². The summed E-state index contributed by atoms with van der Waals surface area (Å²) in [6, 6.07) is 4.24. The van der Waals surface area contributed by atoms with E-state index in [0.717, 1.165) is 5.56 Å². The maximum absolute atomic E-state index is 13.4. The molecule has 0 heterocycles. The smallest absolute Gasteiger partial charge is 0.407 e. The molecule has 0 aliphatic heterocycles. The van der Waals surface area contributed by atoms with Crippen molar-refractivity contribution in [3.05, 3.63) is 29.6 Å². The molecule has 0 unspecified atom stereocenters. The fourth-order valence-corrected chi connectivity index (χ4v) is 2.05. The Kier molecular flexibility index (Phi) is 7.48. The summed E-state index contributed by atoms with van der Waals surface area (Å²) < 4.78 is 24.2. The third kappa shape index (κ3) is 7.64. The van der Waals surface area contributed by atoms with Gasteiger partial charge in [0.2, 0.25) is 0 Å². The summed E-state index contributed by atoms with van der Waals surface area (Å²) in [5, 5.41) is 11.9. The molecule has 2 N–H and O–H groups in total. The number of aryl methyl sites for hydroxylation is 1. The highest BCUT2D eigenvalue weighted by molar-refractivity contribution is 5.68. The van der Waals surface area contributed by atoms with Gasteiger partial charge in [0.1, 0.15) is 23.3 Å². The molecule has 0 fully saturated rings. The largest absolute Gasteiger partial charge is 0.488 e. The van der Waals surface area contributed by atoms with Crippen molar-refractivity contribution < 1.29 is 23.8 Å². The Labute approximate surface area is 143 Å². The molecule has 1 aromatic rings. The highest BCUT2D eigenvalue weighted by atomic mass is 19.1. The van der Waals surface area contributed by atoms with Crippen molar-refractivity contribution in [1.82, 2.24) is 5.32 Å². The van der Waals surface area contributed by atoms with Crippen molar-refractivity contribution in [3.8, 4) is 5.75 Å². The van der Waals surface area contributed by atoms with Crippen LogP contribution in [0.15, 0.2) is 18.2 Å². The number of hydrogen-bond donors (Lipinski definition) is 2. The van der Waals surface area contributed by atoms with Gasteiger partial charge in [-0.15, -0.1) is 0 Å². The van der Waals surface area contributed by atoms with Gasteiger partial charge in [0.05, 0.1) is 6.61 Å². The number of alkyl carbamates (subject to hydrolysis) is 1. The van der Waals surface area contributed by atoms with E-state index in [4.69, 9.17) is 14.6 Å². The predicted octanol–water partition coefficient (Wildman–Crippen LogP) is 3.43. The van der Waals surface area contributed by atoms with Crippen LogP contribution in [0.5, 0.6) is 5.75 Å². The normalized spacial score (nSPS) is 14.0. The topological polar surface area (TPSA) is 67.8 Å². The summed E-state index contributed by atoms with van der Waals surface area (Å²) in [5.74, 6) is 0.0276. The van der Waals surface area contributed by atoms with Gasteiger partial charge < -0.3 is 19.9 Å². The van der Waals surface area contributed by atoms with E-state index in [1.807, 2.05) is 27.7 Å². The third-order valence-corrected chi connectivity index (χ3v) is 3.22. The van der Waals surface area contributed by atoms with Gasteiger partial charge in [-0.3, -0.25) is 0 Å². The summed E-state index contributed by atoms with van der Waals surface area (Å²) in [5.41, 5.74) is 0.289. The van der Waals surface area contributed by atoms with Gasteiger partial charge in [-0.05, 0) is 59.1 Å². The van der Waals surface area contributed by atoms with Gasteiger partial charge in [-0.25, -0.2) is 9.18 Å². The molecule has 136 valence electrons. The second kappa shape index (κ2) is 8.87. The van der Waals surface area contributed by atoms with E-state index >= 15 is 0 Å². The maximum Gasteiger partial charge on any atom is 0.407 e. The molecule has 2 atom stereocenters. The Balaban J connectivity index is 2.61. The van der Waals surface area contributed by atoms with Crippen LogP contribution in [0.3, 0.4) is 0 Å². The summed E-state index contributed by atoms with van der Waals surface area (Å²) in [6.45, 7) is 8.86. The minimum atomic E-state index is -0.539. The molecular formula is C18H28FNO4. The molecule has 0 radical (unpaired) electrons. The van der Waals surface area contributed by atoms with Crippen LogP contribution in [-0.2, 0) is 11.2 Å². The SMILES string of the molecule is C[C@H](CCc1ccc(F)cc1O[C@H](C)CO)NC(=O)OC(C)(C)C. The maximum atomic E-state index is 13.4. The standard InChI is InChI=1S/C18H28FNO4/c1-12(20-17(22)24-18(3,4)5)6-7-14-8-9-15(19)10-16(14)23-13(2)11-21/h8-10,12-13,21H,6-7,11H2,1-5H3,(H,20,22)/t12-,13-/m1/s1. The Morgan fingerprint density at radius 2 is 2.00 bits per heavy atom. The van der Waals surface area contributed by atoms with E-state index in [1.165, 1.54) is 12.1 Å². The van der Waals surface area contributed by atoms with Crippen LogP contribution in [0.2, 0.25) is 0 Å². The first kappa shape index (κ1) is 20.2. The number of halogens is 1. The van der Waals surface area contributed by atoms with Gasteiger partial charge in [0, 0.05) is 12.1 Å². The number of carbonyl (C=O) groups is 1. The molecule has 0 saturated carbocycles. The Hall–Kier alpha value is -1.82. The summed E-state index contributed by atoms with van der Waals surface area (Å²) >= 11 is 0. The van der Waals surface area contributed by atoms with Crippen LogP contribution in [-0.4, -0.2) is 35.6 Å². The second-order valence-corrected chi connectivity index (χ2v) is 6.95. The van der Waals surface area contributed by atoms with E-state index in [1.54, 1.807) is 13.0 Å². The average molecular weight is 341 g/mol. The molecule has 0 spiro atoms. The number of amides is 1. The molecule has 24 heavy (non-hydrogen) atoms. The quantitative estimate of drug-likeness (QED) is 0.797. The molecule has 5 nitrogen and oxygen atoms in total. The summed E-state index contributed by atoms with van der Waals surface area (Å²) in [7, 11) is 0. The number of aliphatic hydroxyl groups is 1. The number of aliphatic hydroxyl groups excluding tert-OH is 1. The van der Waals surface area contributed by atoms with Gasteiger partial charge in [-0.2, -0.15) is 0 Å². The molecule has 6 heteroatoms. The first-order valence-corrected chi connectivity index (χ1v) is 8.16. The molecule has 1 aromatic carbocycles. The number of carbonyl (C=O) groups excluding carboxylic acids is 1. The van der Waals surface area contributed by atoms with Crippen molar-refractivity contribution in [2.24, 2.45) is 0 Å². The first-order chi connectivity index (χ1) is 11.1.